The number of methoxy groups -OCH3 is 1. The Hall–Kier alpha value is -1.19. The summed E-state index contributed by atoms with van der Waals surface area (Å²) in [6.07, 6.45) is 1.27. The average molecular weight is 255 g/mol. The van der Waals surface area contributed by atoms with Gasteiger partial charge < -0.3 is 14.2 Å². The third kappa shape index (κ3) is 3.38. The zero-order chi connectivity index (χ0) is 12.3. The van der Waals surface area contributed by atoms with E-state index in [0.717, 1.165) is 13.0 Å². The van der Waals surface area contributed by atoms with E-state index in [-0.39, 0.29) is 5.88 Å². The van der Waals surface area contributed by atoms with Gasteiger partial charge in [0, 0.05) is 6.42 Å². The second-order valence-corrected chi connectivity index (χ2v) is 4.19. The first-order valence-corrected chi connectivity index (χ1v) is 5.96. The highest BCUT2D eigenvalue weighted by Gasteiger charge is 2.23. The minimum atomic E-state index is 0.265. The highest BCUT2D eigenvalue weighted by Crippen LogP contribution is 2.31. The van der Waals surface area contributed by atoms with Crippen molar-refractivity contribution in [2.45, 2.75) is 12.5 Å². The molecule has 0 N–H and O–H groups in total. The molecule has 4 heteroatoms. The van der Waals surface area contributed by atoms with Crippen molar-refractivity contribution in [1.29, 1.82) is 0 Å². The summed E-state index contributed by atoms with van der Waals surface area (Å²) in [5, 5.41) is 0. The maximum atomic E-state index is 5.62. The summed E-state index contributed by atoms with van der Waals surface area (Å²) in [7, 11) is 1.61. The summed E-state index contributed by atoms with van der Waals surface area (Å²) in [5.74, 6) is 2.09. The lowest BCUT2D eigenvalue weighted by Crippen LogP contribution is -1.99. The number of benzene rings is 1. The van der Waals surface area contributed by atoms with Crippen LogP contribution in [0.15, 0.2) is 30.5 Å². The van der Waals surface area contributed by atoms with Crippen molar-refractivity contribution in [3.8, 4) is 11.5 Å². The van der Waals surface area contributed by atoms with E-state index in [0.29, 0.717) is 23.4 Å². The second-order valence-electron chi connectivity index (χ2n) is 3.92. The van der Waals surface area contributed by atoms with Crippen LogP contribution in [0, 0.1) is 0 Å². The first-order chi connectivity index (χ1) is 8.22. The number of hydrogen-bond acceptors (Lipinski definition) is 3. The fourth-order valence-electron chi connectivity index (χ4n) is 1.55. The van der Waals surface area contributed by atoms with Crippen LogP contribution >= 0.6 is 11.6 Å². The van der Waals surface area contributed by atoms with Crippen LogP contribution in [-0.4, -0.2) is 25.7 Å². The van der Waals surface area contributed by atoms with Gasteiger partial charge >= 0.3 is 0 Å². The van der Waals surface area contributed by atoms with Crippen molar-refractivity contribution in [2.75, 3.05) is 19.6 Å². The van der Waals surface area contributed by atoms with Crippen molar-refractivity contribution in [3.63, 3.8) is 0 Å². The van der Waals surface area contributed by atoms with E-state index in [2.05, 4.69) is 6.58 Å². The molecule has 0 bridgehead atoms. The van der Waals surface area contributed by atoms with Crippen molar-refractivity contribution in [2.24, 2.45) is 0 Å². The monoisotopic (exact) mass is 254 g/mol. The highest BCUT2D eigenvalue weighted by molar-refractivity contribution is 6.19. The van der Waals surface area contributed by atoms with E-state index in [1.807, 2.05) is 18.2 Å². The van der Waals surface area contributed by atoms with Gasteiger partial charge in [-0.2, -0.15) is 0 Å². The van der Waals surface area contributed by atoms with Gasteiger partial charge in [-0.25, -0.2) is 0 Å². The van der Waals surface area contributed by atoms with E-state index in [1.165, 1.54) is 5.56 Å². The lowest BCUT2D eigenvalue weighted by molar-refractivity contribution is 0.362. The van der Waals surface area contributed by atoms with Gasteiger partial charge in [0.05, 0.1) is 25.7 Å². The van der Waals surface area contributed by atoms with E-state index in [4.69, 9.17) is 25.8 Å². The molecule has 0 spiro atoms. The molecule has 17 heavy (non-hydrogen) atoms. The fourth-order valence-corrected chi connectivity index (χ4v) is 1.61. The molecule has 1 saturated heterocycles. The Labute approximate surface area is 106 Å². The Morgan fingerprint density at radius 2 is 2.29 bits per heavy atom. The molecule has 1 aliphatic heterocycles. The van der Waals surface area contributed by atoms with Crippen LogP contribution in [0.4, 0.5) is 0 Å². The second kappa shape index (κ2) is 5.43. The Kier molecular flexibility index (Phi) is 3.92. The zero-order valence-corrected chi connectivity index (χ0v) is 10.5. The Morgan fingerprint density at radius 1 is 1.53 bits per heavy atom. The molecule has 1 unspecified atom stereocenters. The summed E-state index contributed by atoms with van der Waals surface area (Å²) in [4.78, 5) is 0. The van der Waals surface area contributed by atoms with Crippen LogP contribution in [0.1, 0.15) is 5.56 Å². The quantitative estimate of drug-likeness (QED) is 0.444. The molecule has 0 saturated carbocycles. The number of epoxide rings is 1. The van der Waals surface area contributed by atoms with Gasteiger partial charge in [-0.3, -0.25) is 0 Å². The summed E-state index contributed by atoms with van der Waals surface area (Å²) in [6, 6.07) is 5.83. The van der Waals surface area contributed by atoms with Crippen molar-refractivity contribution < 1.29 is 14.2 Å². The predicted molar refractivity (Wildman–Crippen MR) is 66.9 cm³/mol. The topological polar surface area (TPSA) is 31.0 Å². The molecule has 1 heterocycles. The molecule has 0 aliphatic carbocycles. The summed E-state index contributed by atoms with van der Waals surface area (Å²) >= 11 is 5.62. The maximum Gasteiger partial charge on any atom is 0.168 e. The maximum absolute atomic E-state index is 5.62. The van der Waals surface area contributed by atoms with Gasteiger partial charge in [-0.1, -0.05) is 12.6 Å². The Balaban J connectivity index is 2.12. The van der Waals surface area contributed by atoms with Crippen LogP contribution in [0.3, 0.4) is 0 Å². The molecular formula is C13H15ClO3. The predicted octanol–water partition coefficient (Wildman–Crippen LogP) is 2.77. The van der Waals surface area contributed by atoms with E-state index >= 15 is 0 Å². The highest BCUT2D eigenvalue weighted by atomic mass is 35.5. The number of allylic oxidation sites excluding steroid dienone is 1. The normalized spacial score (nSPS) is 17.6. The van der Waals surface area contributed by atoms with Gasteiger partial charge in [-0.05, 0) is 17.7 Å². The third-order valence-electron chi connectivity index (χ3n) is 2.50. The van der Waals surface area contributed by atoms with Crippen LogP contribution in [0.5, 0.6) is 11.5 Å². The van der Waals surface area contributed by atoms with Crippen LogP contribution < -0.4 is 9.47 Å². The van der Waals surface area contributed by atoms with Crippen LogP contribution in [-0.2, 0) is 11.2 Å². The molecule has 3 nitrogen and oxygen atoms in total. The minimum Gasteiger partial charge on any atom is -0.493 e. The SMILES string of the molecule is C=C(CCl)Oc1ccc(CC2CO2)cc1OC. The Bertz CT molecular complexity index is 413. The van der Waals surface area contributed by atoms with Crippen molar-refractivity contribution in [1.82, 2.24) is 0 Å². The molecule has 1 fully saturated rings. The molecule has 2 rings (SSSR count). The molecule has 1 aromatic rings. The lowest BCUT2D eigenvalue weighted by atomic mass is 10.1. The molecule has 1 atom stereocenters. The Morgan fingerprint density at radius 3 is 2.88 bits per heavy atom. The number of alkyl halides is 1. The average Bonchev–Trinajstić information content (AvgIpc) is 3.14. The number of rotatable bonds is 6. The number of hydrogen-bond donors (Lipinski definition) is 0. The first-order valence-electron chi connectivity index (χ1n) is 5.43. The molecule has 0 radical (unpaired) electrons. The number of ether oxygens (including phenoxy) is 3. The molecular weight excluding hydrogens is 240 g/mol. The molecule has 0 aromatic heterocycles. The van der Waals surface area contributed by atoms with Gasteiger partial charge in [-0.15, -0.1) is 11.6 Å². The first kappa shape index (κ1) is 12.3. The molecule has 92 valence electrons. The molecule has 0 amide bonds. The lowest BCUT2D eigenvalue weighted by Gasteiger charge is -2.12. The van der Waals surface area contributed by atoms with E-state index in [9.17, 15) is 0 Å². The minimum absolute atomic E-state index is 0.265. The van der Waals surface area contributed by atoms with Crippen molar-refractivity contribution in [3.05, 3.63) is 36.1 Å². The summed E-state index contributed by atoms with van der Waals surface area (Å²) in [5.41, 5.74) is 1.17. The van der Waals surface area contributed by atoms with Crippen LogP contribution in [0.25, 0.3) is 0 Å². The summed E-state index contributed by atoms with van der Waals surface area (Å²) in [6.45, 7) is 4.55. The molecule has 1 aromatic carbocycles. The van der Waals surface area contributed by atoms with Crippen LogP contribution in [0.2, 0.25) is 0 Å². The van der Waals surface area contributed by atoms with Gasteiger partial charge in [0.1, 0.15) is 5.76 Å². The van der Waals surface area contributed by atoms with Crippen molar-refractivity contribution >= 4 is 11.6 Å². The van der Waals surface area contributed by atoms with Gasteiger partial charge in [0.2, 0.25) is 0 Å². The van der Waals surface area contributed by atoms with Gasteiger partial charge in [0.25, 0.3) is 0 Å². The van der Waals surface area contributed by atoms with E-state index < -0.39 is 0 Å². The smallest absolute Gasteiger partial charge is 0.168 e. The van der Waals surface area contributed by atoms with Gasteiger partial charge in [0.15, 0.2) is 11.5 Å². The van der Waals surface area contributed by atoms with E-state index in [1.54, 1.807) is 7.11 Å². The number of halogens is 1. The fraction of sp³-hybridized carbons (Fsp3) is 0.385. The zero-order valence-electron chi connectivity index (χ0n) is 9.74. The third-order valence-corrected chi connectivity index (χ3v) is 2.80. The molecule has 1 aliphatic rings. The summed E-state index contributed by atoms with van der Waals surface area (Å²) < 4.78 is 16.0. The largest absolute Gasteiger partial charge is 0.493 e. The standard InChI is InChI=1S/C13H15ClO3/c1-9(7-14)17-12-4-3-10(5-11-8-16-11)6-13(12)15-2/h3-4,6,11H,1,5,7-8H2,2H3.